The second-order valence-corrected chi connectivity index (χ2v) is 12.5. The number of hydrazone groups is 1. The predicted molar refractivity (Wildman–Crippen MR) is 158 cm³/mol. The molecule has 1 aliphatic heterocycles. The number of nitrogens with two attached hydrogens (primary N) is 1. The van der Waals surface area contributed by atoms with Gasteiger partial charge in [-0.3, -0.25) is 14.4 Å². The Morgan fingerprint density at radius 1 is 1.09 bits per heavy atom. The summed E-state index contributed by atoms with van der Waals surface area (Å²) in [7, 11) is -4.23. The van der Waals surface area contributed by atoms with E-state index >= 15 is 0 Å². The molecule has 0 bridgehead atoms. The zero-order valence-corrected chi connectivity index (χ0v) is 24.5. The summed E-state index contributed by atoms with van der Waals surface area (Å²) in [5.41, 5.74) is 0. The summed E-state index contributed by atoms with van der Waals surface area (Å²) in [6.45, 7) is 1.60. The maximum absolute atomic E-state index is 13.8. The molecule has 2 fully saturated rings. The number of likely N-dealkylation sites (tertiary alicyclic amines) is 1. The summed E-state index contributed by atoms with van der Waals surface area (Å²) in [6.07, 6.45) is 4.21. The van der Waals surface area contributed by atoms with E-state index < -0.39 is 46.2 Å². The first-order valence-electron chi connectivity index (χ1n) is 14.1. The van der Waals surface area contributed by atoms with Crippen molar-refractivity contribution < 1.29 is 32.7 Å². The fourth-order valence-corrected chi connectivity index (χ4v) is 6.40. The van der Waals surface area contributed by atoms with Crippen molar-refractivity contribution in [2.24, 2.45) is 16.9 Å². The van der Waals surface area contributed by atoms with Gasteiger partial charge in [0.1, 0.15) is 12.4 Å². The van der Waals surface area contributed by atoms with E-state index in [4.69, 9.17) is 10.9 Å². The zero-order valence-electron chi connectivity index (χ0n) is 23.6. The van der Waals surface area contributed by atoms with Crippen molar-refractivity contribution in [2.75, 3.05) is 32.7 Å². The fraction of sp³-hybridized carbons (Fsp3) is 0.464. The third kappa shape index (κ3) is 8.88. The number of carboxylic acids is 1. The van der Waals surface area contributed by atoms with Crippen LogP contribution in [0.15, 0.2) is 52.5 Å². The van der Waals surface area contributed by atoms with Gasteiger partial charge < -0.3 is 31.4 Å². The first-order chi connectivity index (χ1) is 20.6. The molecule has 1 aliphatic carbocycles. The highest BCUT2D eigenvalue weighted by molar-refractivity contribution is 7.89. The Kier molecular flexibility index (Phi) is 10.5. The molecule has 14 nitrogen and oxygen atoms in total. The zero-order chi connectivity index (χ0) is 31.0. The van der Waals surface area contributed by atoms with Crippen molar-refractivity contribution in [3.63, 3.8) is 0 Å². The molecule has 2 aromatic rings. The topological polar surface area (TPSA) is 204 Å². The van der Waals surface area contributed by atoms with Gasteiger partial charge in [0.25, 0.3) is 0 Å². The Morgan fingerprint density at radius 3 is 2.53 bits per heavy atom. The van der Waals surface area contributed by atoms with Gasteiger partial charge in [-0.05, 0) is 54.5 Å². The smallest absolute Gasteiger partial charge is 0.394 e. The van der Waals surface area contributed by atoms with Crippen LogP contribution in [0.3, 0.4) is 0 Å². The number of sulfonamides is 1. The third-order valence-corrected chi connectivity index (χ3v) is 8.96. The Morgan fingerprint density at radius 2 is 1.84 bits per heavy atom. The quantitative estimate of drug-likeness (QED) is 0.0664. The standard InChI is InChI=1S/C28H37N7O7S/c29-32-18-34-12-3-4-19(17-34)16-31-25(36)15-24(27(38)35(22-8-9-22)13-11-30-26(37)28(39)40)33-43(41,42)23-10-7-20-5-1-2-6-21(20)14-23/h1-2,5-7,10,14,18-19,22,24,33H,3-4,8-9,11-13,15-17,29H2,(H,30,37)(H,31,36)(H,39,40)/t19-,24-/m0/s1. The first-order valence-corrected chi connectivity index (χ1v) is 15.6. The highest BCUT2D eigenvalue weighted by Crippen LogP contribution is 2.28. The lowest BCUT2D eigenvalue weighted by atomic mass is 9.98. The number of carbonyl (C=O) groups excluding carboxylic acids is 3. The van der Waals surface area contributed by atoms with E-state index in [9.17, 15) is 27.6 Å². The predicted octanol–water partition coefficient (Wildman–Crippen LogP) is -0.201. The van der Waals surface area contributed by atoms with Gasteiger partial charge in [0.2, 0.25) is 21.8 Å². The molecule has 0 spiro atoms. The van der Waals surface area contributed by atoms with Crippen molar-refractivity contribution in [2.45, 2.75) is 49.1 Å². The minimum Gasteiger partial charge on any atom is -0.474 e. The molecule has 232 valence electrons. The molecule has 1 saturated carbocycles. The summed E-state index contributed by atoms with van der Waals surface area (Å²) >= 11 is 0. The van der Waals surface area contributed by atoms with E-state index in [2.05, 4.69) is 20.5 Å². The Labute approximate surface area is 249 Å². The number of nitrogens with one attached hydrogen (secondary N) is 3. The SMILES string of the molecule is NN=CN1CCC[C@@H](CNC(=O)C[C@H](NS(=O)(=O)c2ccc3ccccc3c2)C(=O)N(CCNC(=O)C(=O)O)C2CC2)C1. The van der Waals surface area contributed by atoms with Crippen LogP contribution in [-0.4, -0.2) is 98.2 Å². The minimum absolute atomic E-state index is 0.0427. The number of hydrogen-bond donors (Lipinski definition) is 5. The number of benzene rings is 2. The average Bonchev–Trinajstić information content (AvgIpc) is 3.83. The van der Waals surface area contributed by atoms with Crippen LogP contribution in [0.4, 0.5) is 0 Å². The summed E-state index contributed by atoms with van der Waals surface area (Å²) in [6, 6.07) is 10.2. The molecular weight excluding hydrogens is 578 g/mol. The molecule has 43 heavy (non-hydrogen) atoms. The summed E-state index contributed by atoms with van der Waals surface area (Å²) in [5.74, 6) is 1.38. The van der Waals surface area contributed by atoms with Crippen LogP contribution in [0.1, 0.15) is 32.1 Å². The van der Waals surface area contributed by atoms with Gasteiger partial charge in [-0.15, -0.1) is 0 Å². The fourth-order valence-electron chi connectivity index (χ4n) is 5.17. The van der Waals surface area contributed by atoms with Gasteiger partial charge in [-0.25, -0.2) is 13.2 Å². The van der Waals surface area contributed by atoms with Crippen molar-refractivity contribution in [3.8, 4) is 0 Å². The lowest BCUT2D eigenvalue weighted by Crippen LogP contribution is -2.53. The summed E-state index contributed by atoms with van der Waals surface area (Å²) < 4.78 is 29.4. The summed E-state index contributed by atoms with van der Waals surface area (Å²) in [4.78, 5) is 52.5. The van der Waals surface area contributed by atoms with E-state index in [0.29, 0.717) is 31.3 Å². The molecule has 2 atom stereocenters. The van der Waals surface area contributed by atoms with Crippen LogP contribution >= 0.6 is 0 Å². The lowest BCUT2D eigenvalue weighted by Gasteiger charge is -2.31. The number of carboxylic acid groups (broad SMARTS) is 1. The largest absolute Gasteiger partial charge is 0.474 e. The number of hydrogen-bond acceptors (Lipinski definition) is 8. The van der Waals surface area contributed by atoms with Crippen molar-refractivity contribution >= 4 is 50.8 Å². The molecule has 15 heteroatoms. The van der Waals surface area contributed by atoms with Crippen molar-refractivity contribution in [1.82, 2.24) is 25.2 Å². The van der Waals surface area contributed by atoms with Crippen molar-refractivity contribution in [3.05, 3.63) is 42.5 Å². The average molecular weight is 616 g/mol. The molecule has 6 N–H and O–H groups in total. The molecule has 2 aliphatic rings. The van der Waals surface area contributed by atoms with Gasteiger partial charge >= 0.3 is 11.9 Å². The first kappa shape index (κ1) is 31.7. The molecule has 0 aromatic heterocycles. The number of aliphatic carboxylic acids is 1. The van der Waals surface area contributed by atoms with Crippen LogP contribution in [0.2, 0.25) is 0 Å². The van der Waals surface area contributed by atoms with E-state index in [0.717, 1.165) is 24.8 Å². The highest BCUT2D eigenvalue weighted by Gasteiger charge is 2.38. The molecular formula is C28H37N7O7S. The number of fused-ring (bicyclic) bond motifs is 1. The number of nitrogens with zero attached hydrogens (tertiary/aromatic N) is 3. The van der Waals surface area contributed by atoms with Crippen molar-refractivity contribution in [1.29, 1.82) is 0 Å². The number of rotatable bonds is 13. The van der Waals surface area contributed by atoms with Gasteiger partial charge in [0.05, 0.1) is 11.3 Å². The molecule has 4 rings (SSSR count). The van der Waals surface area contributed by atoms with Gasteiger partial charge in [0, 0.05) is 38.8 Å². The Bertz CT molecular complexity index is 1480. The lowest BCUT2D eigenvalue weighted by molar-refractivity contribution is -0.150. The number of carbonyl (C=O) groups is 4. The van der Waals surface area contributed by atoms with Crippen LogP contribution in [0.5, 0.6) is 0 Å². The second-order valence-electron chi connectivity index (χ2n) is 10.8. The Balaban J connectivity index is 1.49. The third-order valence-electron chi connectivity index (χ3n) is 7.49. The van der Waals surface area contributed by atoms with Crippen LogP contribution in [0, 0.1) is 5.92 Å². The van der Waals surface area contributed by atoms with Crippen LogP contribution in [-0.2, 0) is 29.2 Å². The summed E-state index contributed by atoms with van der Waals surface area (Å²) in [5, 5.41) is 19.0. The van der Waals surface area contributed by atoms with Gasteiger partial charge in [-0.1, -0.05) is 30.3 Å². The number of piperidine rings is 1. The molecule has 2 aromatic carbocycles. The molecule has 0 unspecified atom stereocenters. The molecule has 3 amide bonds. The highest BCUT2D eigenvalue weighted by atomic mass is 32.2. The van der Waals surface area contributed by atoms with Crippen LogP contribution in [0.25, 0.3) is 10.8 Å². The van der Waals surface area contributed by atoms with Gasteiger partial charge in [-0.2, -0.15) is 9.82 Å². The number of amides is 3. The van der Waals surface area contributed by atoms with Crippen LogP contribution < -0.4 is 21.2 Å². The monoisotopic (exact) mass is 615 g/mol. The van der Waals surface area contributed by atoms with E-state index in [1.165, 1.54) is 17.0 Å². The normalized spacial score (nSPS) is 17.9. The van der Waals surface area contributed by atoms with E-state index in [1.807, 2.05) is 17.0 Å². The maximum atomic E-state index is 13.8. The minimum atomic E-state index is -4.23. The molecule has 1 saturated heterocycles. The van der Waals surface area contributed by atoms with E-state index in [1.54, 1.807) is 24.5 Å². The Hall–Kier alpha value is -4.24. The maximum Gasteiger partial charge on any atom is 0.394 e. The molecule has 1 heterocycles. The van der Waals surface area contributed by atoms with Gasteiger partial charge in [0.15, 0.2) is 0 Å². The second kappa shape index (κ2) is 14.3. The van der Waals surface area contributed by atoms with E-state index in [-0.39, 0.29) is 29.9 Å². The molecule has 0 radical (unpaired) electrons.